The Labute approximate surface area is 159 Å². The van der Waals surface area contributed by atoms with Crippen molar-refractivity contribution in [1.82, 2.24) is 4.90 Å². The lowest BCUT2D eigenvalue weighted by atomic mass is 9.90. The van der Waals surface area contributed by atoms with Crippen molar-refractivity contribution in [2.24, 2.45) is 0 Å². The number of nitrogens with zero attached hydrogens (tertiary/aromatic N) is 1. The summed E-state index contributed by atoms with van der Waals surface area (Å²) >= 11 is 0. The molecule has 0 radical (unpaired) electrons. The maximum atomic E-state index is 11.0. The SMILES string of the molecule is CCCCN(CCCC)CCC(C)(O)c1ccc(-c2ccccc2)cc1. The highest BCUT2D eigenvalue weighted by Gasteiger charge is 2.23. The van der Waals surface area contributed by atoms with Crippen molar-refractivity contribution in [2.75, 3.05) is 19.6 Å². The molecule has 1 N–H and O–H groups in total. The first-order valence-corrected chi connectivity index (χ1v) is 10.2. The van der Waals surface area contributed by atoms with Crippen LogP contribution in [0.4, 0.5) is 0 Å². The van der Waals surface area contributed by atoms with E-state index in [0.29, 0.717) is 0 Å². The number of aliphatic hydroxyl groups is 1. The highest BCUT2D eigenvalue weighted by atomic mass is 16.3. The molecule has 0 aliphatic heterocycles. The number of benzene rings is 2. The molecule has 26 heavy (non-hydrogen) atoms. The summed E-state index contributed by atoms with van der Waals surface area (Å²) < 4.78 is 0. The van der Waals surface area contributed by atoms with Gasteiger partial charge in [0.25, 0.3) is 0 Å². The predicted octanol–water partition coefficient (Wildman–Crippen LogP) is 5.85. The molecule has 0 aromatic heterocycles. The van der Waals surface area contributed by atoms with Crippen molar-refractivity contribution in [3.8, 4) is 11.1 Å². The molecular formula is C24H35NO. The van der Waals surface area contributed by atoms with E-state index < -0.39 is 5.60 Å². The van der Waals surface area contributed by atoms with Gasteiger partial charge in [-0.15, -0.1) is 0 Å². The Balaban J connectivity index is 1.99. The Morgan fingerprint density at radius 3 is 1.85 bits per heavy atom. The van der Waals surface area contributed by atoms with Crippen LogP contribution in [0.2, 0.25) is 0 Å². The fourth-order valence-corrected chi connectivity index (χ4v) is 3.27. The summed E-state index contributed by atoms with van der Waals surface area (Å²) in [5.74, 6) is 0. The van der Waals surface area contributed by atoms with Gasteiger partial charge in [0.15, 0.2) is 0 Å². The van der Waals surface area contributed by atoms with E-state index >= 15 is 0 Å². The monoisotopic (exact) mass is 353 g/mol. The first kappa shape index (κ1) is 20.7. The summed E-state index contributed by atoms with van der Waals surface area (Å²) in [4.78, 5) is 2.51. The highest BCUT2D eigenvalue weighted by molar-refractivity contribution is 5.63. The zero-order chi connectivity index (χ0) is 18.8. The smallest absolute Gasteiger partial charge is 0.0880 e. The van der Waals surface area contributed by atoms with E-state index in [1.165, 1.54) is 36.8 Å². The van der Waals surface area contributed by atoms with Crippen LogP contribution in [0.15, 0.2) is 54.6 Å². The molecule has 0 amide bonds. The lowest BCUT2D eigenvalue weighted by Crippen LogP contribution is -2.33. The number of unbranched alkanes of at least 4 members (excludes halogenated alkanes) is 2. The van der Waals surface area contributed by atoms with Crippen LogP contribution in [0.25, 0.3) is 11.1 Å². The molecule has 2 aromatic rings. The van der Waals surface area contributed by atoms with Gasteiger partial charge >= 0.3 is 0 Å². The normalized spacial score (nSPS) is 13.7. The lowest BCUT2D eigenvalue weighted by Gasteiger charge is -2.29. The highest BCUT2D eigenvalue weighted by Crippen LogP contribution is 2.28. The van der Waals surface area contributed by atoms with Crippen molar-refractivity contribution >= 4 is 0 Å². The van der Waals surface area contributed by atoms with E-state index in [-0.39, 0.29) is 0 Å². The average molecular weight is 354 g/mol. The van der Waals surface area contributed by atoms with Gasteiger partial charge in [0.05, 0.1) is 5.60 Å². The fourth-order valence-electron chi connectivity index (χ4n) is 3.27. The molecule has 2 aromatic carbocycles. The van der Waals surface area contributed by atoms with Crippen LogP contribution in [0.5, 0.6) is 0 Å². The predicted molar refractivity (Wildman–Crippen MR) is 112 cm³/mol. The van der Waals surface area contributed by atoms with E-state index in [0.717, 1.165) is 31.6 Å². The lowest BCUT2D eigenvalue weighted by molar-refractivity contribution is 0.0355. The molecule has 2 heteroatoms. The second-order valence-corrected chi connectivity index (χ2v) is 7.52. The van der Waals surface area contributed by atoms with Crippen LogP contribution in [0.1, 0.15) is 58.4 Å². The molecule has 0 bridgehead atoms. The minimum atomic E-state index is -0.786. The van der Waals surface area contributed by atoms with Gasteiger partial charge in [-0.25, -0.2) is 0 Å². The second-order valence-electron chi connectivity index (χ2n) is 7.52. The first-order chi connectivity index (χ1) is 12.6. The van der Waals surface area contributed by atoms with Crippen molar-refractivity contribution in [2.45, 2.75) is 58.5 Å². The Hall–Kier alpha value is -1.64. The van der Waals surface area contributed by atoms with Gasteiger partial charge in [0, 0.05) is 6.54 Å². The number of hydrogen-bond acceptors (Lipinski definition) is 2. The van der Waals surface area contributed by atoms with Gasteiger partial charge < -0.3 is 10.0 Å². The third-order valence-electron chi connectivity index (χ3n) is 5.18. The Morgan fingerprint density at radius 2 is 1.31 bits per heavy atom. The zero-order valence-corrected chi connectivity index (χ0v) is 16.7. The summed E-state index contributed by atoms with van der Waals surface area (Å²) in [5, 5.41) is 11.0. The van der Waals surface area contributed by atoms with Crippen LogP contribution in [-0.4, -0.2) is 29.6 Å². The topological polar surface area (TPSA) is 23.5 Å². The molecule has 0 aliphatic rings. The zero-order valence-electron chi connectivity index (χ0n) is 16.7. The fraction of sp³-hybridized carbons (Fsp3) is 0.500. The van der Waals surface area contributed by atoms with Crippen LogP contribution >= 0.6 is 0 Å². The van der Waals surface area contributed by atoms with E-state index in [1.54, 1.807) is 0 Å². The summed E-state index contributed by atoms with van der Waals surface area (Å²) in [5.41, 5.74) is 2.62. The summed E-state index contributed by atoms with van der Waals surface area (Å²) in [6.07, 6.45) is 5.68. The van der Waals surface area contributed by atoms with Crippen LogP contribution in [0, 0.1) is 0 Å². The van der Waals surface area contributed by atoms with Crippen molar-refractivity contribution in [1.29, 1.82) is 0 Å². The molecule has 0 heterocycles. The van der Waals surface area contributed by atoms with Crippen molar-refractivity contribution < 1.29 is 5.11 Å². The van der Waals surface area contributed by atoms with Gasteiger partial charge in [-0.3, -0.25) is 0 Å². The molecule has 2 nitrogen and oxygen atoms in total. The molecule has 2 rings (SSSR count). The molecule has 0 spiro atoms. The van der Waals surface area contributed by atoms with Gasteiger partial charge in [-0.05, 0) is 56.0 Å². The molecular weight excluding hydrogens is 318 g/mol. The van der Waals surface area contributed by atoms with Gasteiger partial charge in [-0.1, -0.05) is 81.3 Å². The summed E-state index contributed by atoms with van der Waals surface area (Å²) in [6.45, 7) is 9.65. The minimum Gasteiger partial charge on any atom is -0.385 e. The van der Waals surface area contributed by atoms with E-state index in [2.05, 4.69) is 67.3 Å². The molecule has 0 fully saturated rings. The van der Waals surface area contributed by atoms with E-state index in [9.17, 15) is 5.11 Å². The second kappa shape index (κ2) is 10.5. The van der Waals surface area contributed by atoms with E-state index in [1.807, 2.05) is 13.0 Å². The van der Waals surface area contributed by atoms with Gasteiger partial charge in [-0.2, -0.15) is 0 Å². The summed E-state index contributed by atoms with van der Waals surface area (Å²) in [7, 11) is 0. The Bertz CT molecular complexity index is 610. The minimum absolute atomic E-state index is 0.769. The maximum absolute atomic E-state index is 11.0. The Morgan fingerprint density at radius 1 is 0.769 bits per heavy atom. The molecule has 1 unspecified atom stereocenters. The third-order valence-corrected chi connectivity index (χ3v) is 5.18. The van der Waals surface area contributed by atoms with Crippen molar-refractivity contribution in [3.63, 3.8) is 0 Å². The van der Waals surface area contributed by atoms with Crippen molar-refractivity contribution in [3.05, 3.63) is 60.2 Å². The summed E-state index contributed by atoms with van der Waals surface area (Å²) in [6, 6.07) is 18.8. The van der Waals surface area contributed by atoms with E-state index in [4.69, 9.17) is 0 Å². The Kier molecular flexibility index (Phi) is 8.34. The standard InChI is InChI=1S/C24H35NO/c1-4-6-18-25(19-7-5-2)20-17-24(3,26)23-15-13-22(14-16-23)21-11-9-8-10-12-21/h8-16,26H,4-7,17-20H2,1-3H3. The molecule has 0 aliphatic carbocycles. The number of rotatable bonds is 11. The first-order valence-electron chi connectivity index (χ1n) is 10.2. The quantitative estimate of drug-likeness (QED) is 0.547. The average Bonchev–Trinajstić information content (AvgIpc) is 2.68. The van der Waals surface area contributed by atoms with Gasteiger partial charge in [0.1, 0.15) is 0 Å². The van der Waals surface area contributed by atoms with Gasteiger partial charge in [0.2, 0.25) is 0 Å². The van der Waals surface area contributed by atoms with Crippen LogP contribution < -0.4 is 0 Å². The molecule has 0 saturated carbocycles. The molecule has 1 atom stereocenters. The largest absolute Gasteiger partial charge is 0.385 e. The van der Waals surface area contributed by atoms with Crippen LogP contribution in [0.3, 0.4) is 0 Å². The molecule has 142 valence electrons. The van der Waals surface area contributed by atoms with Crippen LogP contribution in [-0.2, 0) is 5.60 Å². The third kappa shape index (κ3) is 6.26. The maximum Gasteiger partial charge on any atom is 0.0880 e. The molecule has 0 saturated heterocycles. The number of hydrogen-bond donors (Lipinski definition) is 1.